The molecule has 0 fully saturated rings. The van der Waals surface area contributed by atoms with E-state index < -0.39 is 6.04 Å². The molecule has 6 rings (SSSR count). The van der Waals surface area contributed by atoms with Crippen LogP contribution in [0.4, 0.5) is 5.82 Å². The standard InChI is InChI=1S/C27H19N3O2/c31-27-23(16-20-12-7-15-32-20)29-26-25(22-14-6-11-18-8-4-5-13-21(18)22)28-24(17-30(26)27)19-9-2-1-3-10-19/h1-15,17,23H,16H2/p+1. The van der Waals surface area contributed by atoms with Crippen molar-refractivity contribution in [1.82, 2.24) is 4.98 Å². The molecule has 0 spiro atoms. The Labute approximate surface area is 185 Å². The van der Waals surface area contributed by atoms with Crippen LogP contribution in [0.15, 0.2) is 102 Å². The van der Waals surface area contributed by atoms with Gasteiger partial charge in [0.05, 0.1) is 12.7 Å². The van der Waals surface area contributed by atoms with Gasteiger partial charge < -0.3 is 4.42 Å². The Morgan fingerprint density at radius 3 is 2.56 bits per heavy atom. The molecule has 1 unspecified atom stereocenters. The first-order chi connectivity index (χ1) is 15.8. The van der Waals surface area contributed by atoms with Crippen LogP contribution in [0.1, 0.15) is 10.6 Å². The van der Waals surface area contributed by atoms with Crippen LogP contribution in [0.5, 0.6) is 0 Å². The first kappa shape index (κ1) is 18.5. The predicted octanol–water partition coefficient (Wildman–Crippen LogP) is 5.13. The summed E-state index contributed by atoms with van der Waals surface area (Å²) in [6, 6.07) is 27.7. The molecule has 2 aromatic heterocycles. The van der Waals surface area contributed by atoms with E-state index in [-0.39, 0.29) is 5.91 Å². The van der Waals surface area contributed by atoms with Crippen LogP contribution in [0.2, 0.25) is 0 Å². The fourth-order valence-corrected chi connectivity index (χ4v) is 4.35. The topological polar surface area (TPSA) is 59.0 Å². The number of carbonyl (C=O) groups is 1. The third kappa shape index (κ3) is 3.06. The molecule has 32 heavy (non-hydrogen) atoms. The molecule has 3 heterocycles. The molecule has 154 valence electrons. The Kier molecular flexibility index (Phi) is 4.32. The van der Waals surface area contributed by atoms with Gasteiger partial charge in [0.1, 0.15) is 17.7 Å². The van der Waals surface area contributed by atoms with E-state index in [0.29, 0.717) is 12.2 Å². The monoisotopic (exact) mass is 418 g/mol. The van der Waals surface area contributed by atoms with Crippen molar-refractivity contribution in [3.8, 4) is 22.5 Å². The zero-order valence-electron chi connectivity index (χ0n) is 17.2. The molecular weight excluding hydrogens is 398 g/mol. The Morgan fingerprint density at radius 1 is 0.906 bits per heavy atom. The minimum Gasteiger partial charge on any atom is -0.469 e. The van der Waals surface area contributed by atoms with Crippen LogP contribution in [-0.2, 0) is 6.42 Å². The second-order valence-corrected chi connectivity index (χ2v) is 7.90. The number of hydrogen-bond donors (Lipinski definition) is 1. The summed E-state index contributed by atoms with van der Waals surface area (Å²) in [5.41, 5.74) is 3.47. The summed E-state index contributed by atoms with van der Waals surface area (Å²) in [5, 5.41) is 5.65. The molecule has 0 bridgehead atoms. The molecule has 0 saturated carbocycles. The number of aromatic nitrogens is 2. The van der Waals surface area contributed by atoms with Crippen LogP contribution >= 0.6 is 0 Å². The third-order valence-corrected chi connectivity index (χ3v) is 5.90. The first-order valence-corrected chi connectivity index (χ1v) is 10.6. The van der Waals surface area contributed by atoms with E-state index >= 15 is 0 Å². The summed E-state index contributed by atoms with van der Waals surface area (Å²) >= 11 is 0. The molecule has 1 atom stereocenters. The van der Waals surface area contributed by atoms with Crippen molar-refractivity contribution in [1.29, 1.82) is 0 Å². The maximum Gasteiger partial charge on any atom is 0.359 e. The van der Waals surface area contributed by atoms with E-state index in [1.165, 1.54) is 0 Å². The van der Waals surface area contributed by atoms with Gasteiger partial charge in [-0.05, 0) is 22.9 Å². The van der Waals surface area contributed by atoms with E-state index in [4.69, 9.17) is 9.40 Å². The normalized spacial score (nSPS) is 15.0. The molecule has 5 nitrogen and oxygen atoms in total. The number of benzene rings is 3. The summed E-state index contributed by atoms with van der Waals surface area (Å²) in [6.07, 6.45) is 3.94. The maximum absolute atomic E-state index is 13.4. The van der Waals surface area contributed by atoms with Crippen molar-refractivity contribution in [2.45, 2.75) is 12.5 Å². The zero-order chi connectivity index (χ0) is 21.5. The number of hydrogen-bond acceptors (Lipinski definition) is 4. The lowest BCUT2D eigenvalue weighted by Crippen LogP contribution is -2.43. The van der Waals surface area contributed by atoms with Gasteiger partial charge >= 0.3 is 11.7 Å². The summed E-state index contributed by atoms with van der Waals surface area (Å²) in [4.78, 5) is 18.4. The lowest BCUT2D eigenvalue weighted by Gasteiger charge is -2.09. The number of nitrogens with one attached hydrogen (secondary N) is 1. The van der Waals surface area contributed by atoms with Gasteiger partial charge in [0.15, 0.2) is 5.69 Å². The van der Waals surface area contributed by atoms with Crippen molar-refractivity contribution >= 4 is 22.5 Å². The smallest absolute Gasteiger partial charge is 0.359 e. The maximum atomic E-state index is 13.4. The SMILES string of the molecule is O=C1C(Cc2ccco2)Nc2c(-c3cccc4ccccc34)nc(-c3ccccc3)c[n+]21. The average Bonchev–Trinajstić information content (AvgIpc) is 3.47. The second-order valence-electron chi connectivity index (χ2n) is 7.90. The summed E-state index contributed by atoms with van der Waals surface area (Å²) in [7, 11) is 0. The Balaban J connectivity index is 1.55. The van der Waals surface area contributed by atoms with Crippen molar-refractivity contribution in [3.05, 3.63) is 103 Å². The van der Waals surface area contributed by atoms with E-state index in [9.17, 15) is 4.79 Å². The summed E-state index contributed by atoms with van der Waals surface area (Å²) in [6.45, 7) is 0. The minimum atomic E-state index is -0.414. The molecule has 1 aliphatic heterocycles. The Morgan fingerprint density at radius 2 is 1.72 bits per heavy atom. The molecule has 0 aliphatic carbocycles. The molecule has 5 heteroatoms. The van der Waals surface area contributed by atoms with Gasteiger partial charge in [-0.15, -0.1) is 0 Å². The van der Waals surface area contributed by atoms with E-state index in [2.05, 4.69) is 29.6 Å². The van der Waals surface area contributed by atoms with Crippen molar-refractivity contribution in [2.75, 3.05) is 5.32 Å². The number of rotatable bonds is 4. The molecular formula is C27H20N3O2+. The number of furan rings is 1. The lowest BCUT2D eigenvalue weighted by molar-refractivity contribution is -0.551. The largest absolute Gasteiger partial charge is 0.469 e. The van der Waals surface area contributed by atoms with Crippen molar-refractivity contribution in [2.24, 2.45) is 0 Å². The number of anilines is 1. The molecule has 1 N–H and O–H groups in total. The second kappa shape index (κ2) is 7.46. The highest BCUT2D eigenvalue weighted by Gasteiger charge is 2.42. The quantitative estimate of drug-likeness (QED) is 0.411. The molecule has 3 aromatic carbocycles. The summed E-state index contributed by atoms with van der Waals surface area (Å²) < 4.78 is 7.20. The first-order valence-electron chi connectivity index (χ1n) is 10.6. The summed E-state index contributed by atoms with van der Waals surface area (Å²) in [5.74, 6) is 1.47. The van der Waals surface area contributed by atoms with Crippen LogP contribution in [0.25, 0.3) is 33.3 Å². The van der Waals surface area contributed by atoms with Gasteiger partial charge in [-0.25, -0.2) is 9.78 Å². The van der Waals surface area contributed by atoms with Gasteiger partial charge in [-0.1, -0.05) is 72.8 Å². The van der Waals surface area contributed by atoms with Crippen LogP contribution < -0.4 is 9.88 Å². The minimum absolute atomic E-state index is 0.0162. The van der Waals surface area contributed by atoms with Gasteiger partial charge in [0.25, 0.3) is 0 Å². The van der Waals surface area contributed by atoms with Gasteiger partial charge in [-0.2, -0.15) is 4.57 Å². The van der Waals surface area contributed by atoms with Gasteiger partial charge in [0.2, 0.25) is 6.04 Å². The van der Waals surface area contributed by atoms with Crippen LogP contribution in [-0.4, -0.2) is 16.9 Å². The van der Waals surface area contributed by atoms with Crippen molar-refractivity contribution in [3.63, 3.8) is 0 Å². The fraction of sp³-hybridized carbons (Fsp3) is 0.0741. The number of fused-ring (bicyclic) bond motifs is 2. The van der Waals surface area contributed by atoms with Crippen molar-refractivity contribution < 1.29 is 13.8 Å². The van der Waals surface area contributed by atoms with Gasteiger partial charge in [0, 0.05) is 11.1 Å². The Hall–Kier alpha value is -4.25. The zero-order valence-corrected chi connectivity index (χ0v) is 17.2. The van der Waals surface area contributed by atoms with Gasteiger partial charge in [-0.3, -0.25) is 5.32 Å². The molecule has 1 aliphatic rings. The molecule has 5 aromatic rings. The van der Waals surface area contributed by atoms with E-state index in [1.807, 2.05) is 66.9 Å². The lowest BCUT2D eigenvalue weighted by atomic mass is 10.0. The predicted molar refractivity (Wildman–Crippen MR) is 123 cm³/mol. The highest BCUT2D eigenvalue weighted by Crippen LogP contribution is 2.34. The number of nitrogens with zero attached hydrogens (tertiary/aromatic N) is 2. The van der Waals surface area contributed by atoms with Crippen LogP contribution in [0.3, 0.4) is 0 Å². The number of carbonyl (C=O) groups excluding carboxylic acids is 1. The highest BCUT2D eigenvalue weighted by molar-refractivity contribution is 5.99. The molecule has 0 saturated heterocycles. The average molecular weight is 418 g/mol. The molecule has 0 radical (unpaired) electrons. The fourth-order valence-electron chi connectivity index (χ4n) is 4.35. The molecule has 0 amide bonds. The Bertz CT molecular complexity index is 1440. The van der Waals surface area contributed by atoms with E-state index in [0.717, 1.165) is 39.0 Å². The van der Waals surface area contributed by atoms with E-state index in [1.54, 1.807) is 10.8 Å². The van der Waals surface area contributed by atoms with Crippen LogP contribution in [0, 0.1) is 0 Å². The highest BCUT2D eigenvalue weighted by atomic mass is 16.3. The third-order valence-electron chi connectivity index (χ3n) is 5.90.